The third kappa shape index (κ3) is 2.59. The van der Waals surface area contributed by atoms with E-state index in [-0.39, 0.29) is 0 Å². The number of hydrogen-bond acceptors (Lipinski definition) is 3. The van der Waals surface area contributed by atoms with Crippen LogP contribution in [0.15, 0.2) is 10.6 Å². The Hall–Kier alpha value is -0.830. The summed E-state index contributed by atoms with van der Waals surface area (Å²) < 4.78 is 5.14. The predicted molar refractivity (Wildman–Crippen MR) is 59.9 cm³/mol. The van der Waals surface area contributed by atoms with Crippen LogP contribution in [0.25, 0.3) is 0 Å². The van der Waals surface area contributed by atoms with E-state index in [9.17, 15) is 0 Å². The highest BCUT2D eigenvalue weighted by atomic mass is 16.5. The zero-order valence-electron chi connectivity index (χ0n) is 9.62. The molecule has 3 heteroatoms. The smallest absolute Gasteiger partial charge is 0.133 e. The summed E-state index contributed by atoms with van der Waals surface area (Å²) in [5.41, 5.74) is 1.13. The van der Waals surface area contributed by atoms with Crippen molar-refractivity contribution in [3.05, 3.63) is 17.5 Å². The molecule has 1 aliphatic rings. The summed E-state index contributed by atoms with van der Waals surface area (Å²) in [5.74, 6) is 1.47. The molecule has 1 aliphatic heterocycles. The molecule has 1 saturated heterocycles. The first-order valence-corrected chi connectivity index (χ1v) is 5.96. The second kappa shape index (κ2) is 4.79. The lowest BCUT2D eigenvalue weighted by Crippen LogP contribution is -2.23. The van der Waals surface area contributed by atoms with Crippen molar-refractivity contribution in [2.24, 2.45) is 0 Å². The zero-order valence-corrected chi connectivity index (χ0v) is 9.62. The number of hydrogen-bond donors (Lipinski definition) is 1. The SMILES string of the molecule is CCC(CC1CCCN1)c1cc(C)on1. The topological polar surface area (TPSA) is 38.1 Å². The Balaban J connectivity index is 1.97. The van der Waals surface area contributed by atoms with Gasteiger partial charge in [0, 0.05) is 18.0 Å². The molecule has 0 spiro atoms. The van der Waals surface area contributed by atoms with Crippen LogP contribution in [0, 0.1) is 6.92 Å². The minimum absolute atomic E-state index is 0.554. The van der Waals surface area contributed by atoms with Crippen molar-refractivity contribution in [1.82, 2.24) is 10.5 Å². The maximum absolute atomic E-state index is 5.14. The molecule has 0 amide bonds. The molecule has 0 bridgehead atoms. The van der Waals surface area contributed by atoms with Crippen LogP contribution in [-0.2, 0) is 0 Å². The van der Waals surface area contributed by atoms with Gasteiger partial charge in [0.2, 0.25) is 0 Å². The summed E-state index contributed by atoms with van der Waals surface area (Å²) in [7, 11) is 0. The minimum Gasteiger partial charge on any atom is -0.361 e. The lowest BCUT2D eigenvalue weighted by atomic mass is 9.93. The van der Waals surface area contributed by atoms with Gasteiger partial charge in [0.1, 0.15) is 5.76 Å². The third-order valence-corrected chi connectivity index (χ3v) is 3.29. The second-order valence-electron chi connectivity index (χ2n) is 4.50. The van der Waals surface area contributed by atoms with Gasteiger partial charge in [0.15, 0.2) is 0 Å². The van der Waals surface area contributed by atoms with Crippen LogP contribution in [0.4, 0.5) is 0 Å². The first kappa shape index (κ1) is 10.7. The van der Waals surface area contributed by atoms with E-state index in [1.165, 1.54) is 25.8 Å². The zero-order chi connectivity index (χ0) is 10.7. The Bertz CT molecular complexity index is 302. The standard InChI is InChI=1S/C12H20N2O/c1-3-10(8-11-5-4-6-13-11)12-7-9(2)15-14-12/h7,10-11,13H,3-6,8H2,1-2H3. The van der Waals surface area contributed by atoms with Gasteiger partial charge in [-0.15, -0.1) is 0 Å². The van der Waals surface area contributed by atoms with Gasteiger partial charge in [-0.1, -0.05) is 12.1 Å². The van der Waals surface area contributed by atoms with E-state index in [1.54, 1.807) is 0 Å². The van der Waals surface area contributed by atoms with Crippen molar-refractivity contribution in [2.45, 2.75) is 51.5 Å². The molecule has 1 aromatic heterocycles. The first-order valence-electron chi connectivity index (χ1n) is 5.96. The molecule has 1 aromatic rings. The van der Waals surface area contributed by atoms with Crippen molar-refractivity contribution in [3.63, 3.8) is 0 Å². The van der Waals surface area contributed by atoms with Gasteiger partial charge in [-0.2, -0.15) is 0 Å². The van der Waals surface area contributed by atoms with E-state index in [1.807, 2.05) is 6.92 Å². The summed E-state index contributed by atoms with van der Waals surface area (Å²) in [4.78, 5) is 0. The maximum Gasteiger partial charge on any atom is 0.133 e. The quantitative estimate of drug-likeness (QED) is 0.826. The van der Waals surface area contributed by atoms with Gasteiger partial charge >= 0.3 is 0 Å². The van der Waals surface area contributed by atoms with Gasteiger partial charge in [-0.3, -0.25) is 0 Å². The van der Waals surface area contributed by atoms with Crippen LogP contribution in [-0.4, -0.2) is 17.7 Å². The summed E-state index contributed by atoms with van der Waals surface area (Å²) in [6.07, 6.45) is 4.97. The van der Waals surface area contributed by atoms with Crippen molar-refractivity contribution < 1.29 is 4.52 Å². The van der Waals surface area contributed by atoms with Crippen molar-refractivity contribution in [3.8, 4) is 0 Å². The fourth-order valence-electron chi connectivity index (χ4n) is 2.38. The van der Waals surface area contributed by atoms with Crippen LogP contribution >= 0.6 is 0 Å². The monoisotopic (exact) mass is 208 g/mol. The molecule has 0 saturated carbocycles. The van der Waals surface area contributed by atoms with E-state index in [2.05, 4.69) is 23.5 Å². The van der Waals surface area contributed by atoms with Gasteiger partial charge in [-0.25, -0.2) is 0 Å². The van der Waals surface area contributed by atoms with E-state index in [0.717, 1.165) is 17.9 Å². The van der Waals surface area contributed by atoms with Gasteiger partial charge in [-0.05, 0) is 39.2 Å². The molecule has 0 aliphatic carbocycles. The molecule has 15 heavy (non-hydrogen) atoms. The molecule has 0 aromatic carbocycles. The molecule has 0 radical (unpaired) electrons. The Morgan fingerprint density at radius 1 is 1.67 bits per heavy atom. The van der Waals surface area contributed by atoms with Crippen LogP contribution in [0.3, 0.4) is 0 Å². The highest BCUT2D eigenvalue weighted by molar-refractivity contribution is 5.10. The van der Waals surface area contributed by atoms with E-state index in [0.29, 0.717) is 12.0 Å². The second-order valence-corrected chi connectivity index (χ2v) is 4.50. The van der Waals surface area contributed by atoms with E-state index >= 15 is 0 Å². The highest BCUT2D eigenvalue weighted by Gasteiger charge is 2.21. The largest absolute Gasteiger partial charge is 0.361 e. The summed E-state index contributed by atoms with van der Waals surface area (Å²) in [5, 5.41) is 7.67. The van der Waals surface area contributed by atoms with E-state index < -0.39 is 0 Å². The Morgan fingerprint density at radius 3 is 3.07 bits per heavy atom. The fraction of sp³-hybridized carbons (Fsp3) is 0.750. The number of aromatic nitrogens is 1. The fourth-order valence-corrected chi connectivity index (χ4v) is 2.38. The Labute approximate surface area is 91.2 Å². The first-order chi connectivity index (χ1) is 7.29. The molecule has 1 fully saturated rings. The average Bonchev–Trinajstić information content (AvgIpc) is 2.85. The Morgan fingerprint density at radius 2 is 2.53 bits per heavy atom. The molecule has 2 unspecified atom stereocenters. The highest BCUT2D eigenvalue weighted by Crippen LogP contribution is 2.26. The number of nitrogens with one attached hydrogen (secondary N) is 1. The molecule has 3 nitrogen and oxygen atoms in total. The summed E-state index contributed by atoms with van der Waals surface area (Å²) in [6.45, 7) is 5.36. The van der Waals surface area contributed by atoms with Gasteiger partial charge in [0.05, 0.1) is 5.69 Å². The van der Waals surface area contributed by atoms with E-state index in [4.69, 9.17) is 4.52 Å². The molecule has 84 valence electrons. The van der Waals surface area contributed by atoms with Crippen LogP contribution < -0.4 is 5.32 Å². The minimum atomic E-state index is 0.554. The Kier molecular flexibility index (Phi) is 3.41. The average molecular weight is 208 g/mol. The number of nitrogens with zero attached hydrogens (tertiary/aromatic N) is 1. The lowest BCUT2D eigenvalue weighted by molar-refractivity contribution is 0.376. The number of aryl methyl sites for hydroxylation is 1. The summed E-state index contributed by atoms with van der Waals surface area (Å²) in [6, 6.07) is 2.76. The molecule has 2 heterocycles. The molecular weight excluding hydrogens is 188 g/mol. The number of rotatable bonds is 4. The predicted octanol–water partition coefficient (Wildman–Crippen LogP) is 2.62. The van der Waals surface area contributed by atoms with Crippen molar-refractivity contribution >= 4 is 0 Å². The van der Waals surface area contributed by atoms with Gasteiger partial charge < -0.3 is 9.84 Å². The van der Waals surface area contributed by atoms with Crippen molar-refractivity contribution in [1.29, 1.82) is 0 Å². The van der Waals surface area contributed by atoms with Crippen LogP contribution in [0.1, 0.15) is 50.0 Å². The molecular formula is C12H20N2O. The normalized spacial score (nSPS) is 23.2. The molecule has 2 rings (SSSR count). The van der Waals surface area contributed by atoms with Crippen LogP contribution in [0.2, 0.25) is 0 Å². The third-order valence-electron chi connectivity index (χ3n) is 3.29. The molecule has 2 atom stereocenters. The maximum atomic E-state index is 5.14. The van der Waals surface area contributed by atoms with Crippen LogP contribution in [0.5, 0.6) is 0 Å². The lowest BCUT2D eigenvalue weighted by Gasteiger charge is -2.16. The summed E-state index contributed by atoms with van der Waals surface area (Å²) >= 11 is 0. The van der Waals surface area contributed by atoms with Gasteiger partial charge in [0.25, 0.3) is 0 Å². The van der Waals surface area contributed by atoms with Crippen molar-refractivity contribution in [2.75, 3.05) is 6.54 Å². The molecule has 1 N–H and O–H groups in total.